The number of ketones is 1. The SMILES string of the molecule is COC(=O)c1ccc(C(=O)CCc2cccc(C)c2)o1. The van der Waals surface area contributed by atoms with Gasteiger partial charge in [-0.25, -0.2) is 4.79 Å². The molecule has 2 aromatic rings. The molecule has 0 unspecified atom stereocenters. The van der Waals surface area contributed by atoms with Crippen LogP contribution in [0.4, 0.5) is 0 Å². The molecule has 0 saturated heterocycles. The van der Waals surface area contributed by atoms with Gasteiger partial charge >= 0.3 is 5.97 Å². The summed E-state index contributed by atoms with van der Waals surface area (Å²) in [5, 5.41) is 0. The quantitative estimate of drug-likeness (QED) is 0.619. The van der Waals surface area contributed by atoms with Gasteiger partial charge in [0.15, 0.2) is 11.5 Å². The molecule has 1 aromatic heterocycles. The third-order valence-electron chi connectivity index (χ3n) is 2.99. The number of methoxy groups -OCH3 is 1. The molecule has 104 valence electrons. The zero-order valence-corrected chi connectivity index (χ0v) is 11.5. The molecule has 4 nitrogen and oxygen atoms in total. The molecule has 1 heterocycles. The van der Waals surface area contributed by atoms with E-state index in [1.54, 1.807) is 0 Å². The summed E-state index contributed by atoms with van der Waals surface area (Å²) < 4.78 is 9.71. The maximum Gasteiger partial charge on any atom is 0.373 e. The zero-order valence-electron chi connectivity index (χ0n) is 11.5. The number of hydrogen-bond donors (Lipinski definition) is 0. The lowest BCUT2D eigenvalue weighted by Gasteiger charge is -2.01. The minimum absolute atomic E-state index is 0.0476. The summed E-state index contributed by atoms with van der Waals surface area (Å²) in [6.07, 6.45) is 0.992. The molecule has 0 atom stereocenters. The number of rotatable bonds is 5. The van der Waals surface area contributed by atoms with E-state index in [1.165, 1.54) is 24.8 Å². The molecule has 1 aromatic carbocycles. The van der Waals surface area contributed by atoms with Crippen LogP contribution in [0, 0.1) is 6.92 Å². The predicted molar refractivity (Wildman–Crippen MR) is 73.9 cm³/mol. The number of aryl methyl sites for hydroxylation is 2. The molecule has 0 aliphatic rings. The molecule has 0 spiro atoms. The number of carbonyl (C=O) groups is 2. The highest BCUT2D eigenvalue weighted by atomic mass is 16.5. The van der Waals surface area contributed by atoms with E-state index in [0.29, 0.717) is 12.8 Å². The van der Waals surface area contributed by atoms with Crippen LogP contribution < -0.4 is 0 Å². The van der Waals surface area contributed by atoms with Gasteiger partial charge in [-0.05, 0) is 31.0 Å². The molecule has 4 heteroatoms. The van der Waals surface area contributed by atoms with E-state index in [0.717, 1.165) is 5.56 Å². The summed E-state index contributed by atoms with van der Waals surface area (Å²) in [7, 11) is 1.27. The molecule has 0 fully saturated rings. The Balaban J connectivity index is 1.98. The fraction of sp³-hybridized carbons (Fsp3) is 0.250. The van der Waals surface area contributed by atoms with Crippen LogP contribution in [-0.2, 0) is 11.2 Å². The Hall–Kier alpha value is -2.36. The van der Waals surface area contributed by atoms with Crippen molar-refractivity contribution in [2.45, 2.75) is 19.8 Å². The van der Waals surface area contributed by atoms with Gasteiger partial charge in [-0.1, -0.05) is 29.8 Å². The summed E-state index contributed by atoms with van der Waals surface area (Å²) in [5.41, 5.74) is 2.28. The van der Waals surface area contributed by atoms with Crippen LogP contribution in [-0.4, -0.2) is 18.9 Å². The van der Waals surface area contributed by atoms with Gasteiger partial charge in [0, 0.05) is 6.42 Å². The van der Waals surface area contributed by atoms with E-state index in [-0.39, 0.29) is 17.3 Å². The molecule has 2 rings (SSSR count). The molecule has 0 aliphatic heterocycles. The molecule has 0 aliphatic carbocycles. The molecule has 0 bridgehead atoms. The van der Waals surface area contributed by atoms with Crippen LogP contribution in [0.2, 0.25) is 0 Å². The highest BCUT2D eigenvalue weighted by molar-refractivity contribution is 5.95. The Bertz CT molecular complexity index is 625. The Kier molecular flexibility index (Phi) is 4.35. The fourth-order valence-corrected chi connectivity index (χ4v) is 1.95. The van der Waals surface area contributed by atoms with E-state index >= 15 is 0 Å². The van der Waals surface area contributed by atoms with Crippen LogP contribution in [0.3, 0.4) is 0 Å². The average molecular weight is 272 g/mol. The Morgan fingerprint density at radius 2 is 1.90 bits per heavy atom. The predicted octanol–water partition coefficient (Wildman–Crippen LogP) is 3.19. The average Bonchev–Trinajstić information content (AvgIpc) is 2.94. The maximum atomic E-state index is 12.0. The van der Waals surface area contributed by atoms with Gasteiger partial charge in [-0.15, -0.1) is 0 Å². The molecule has 0 radical (unpaired) electrons. The van der Waals surface area contributed by atoms with Crippen molar-refractivity contribution in [1.29, 1.82) is 0 Å². The van der Waals surface area contributed by atoms with Crippen molar-refractivity contribution in [3.05, 3.63) is 59.0 Å². The van der Waals surface area contributed by atoms with Crippen molar-refractivity contribution in [3.8, 4) is 0 Å². The third kappa shape index (κ3) is 3.35. The minimum atomic E-state index is -0.581. The van der Waals surface area contributed by atoms with E-state index in [4.69, 9.17) is 4.42 Å². The molecular weight excluding hydrogens is 256 g/mol. The number of ether oxygens (including phenoxy) is 1. The molecule has 0 amide bonds. The second-order valence-electron chi connectivity index (χ2n) is 4.57. The van der Waals surface area contributed by atoms with Gasteiger partial charge in [0.1, 0.15) is 0 Å². The topological polar surface area (TPSA) is 56.5 Å². The first kappa shape index (κ1) is 14.1. The Morgan fingerprint density at radius 3 is 2.60 bits per heavy atom. The standard InChI is InChI=1S/C16H16O4/c1-11-4-3-5-12(10-11)6-7-13(17)14-8-9-15(20-14)16(18)19-2/h3-5,8-10H,6-7H2,1-2H3. The fourth-order valence-electron chi connectivity index (χ4n) is 1.95. The number of esters is 1. The summed E-state index contributed by atoms with van der Waals surface area (Å²) >= 11 is 0. The van der Waals surface area contributed by atoms with Crippen molar-refractivity contribution >= 4 is 11.8 Å². The van der Waals surface area contributed by atoms with E-state index in [1.807, 2.05) is 25.1 Å². The first-order valence-electron chi connectivity index (χ1n) is 6.37. The maximum absolute atomic E-state index is 12.0. The highest BCUT2D eigenvalue weighted by Crippen LogP contribution is 2.13. The van der Waals surface area contributed by atoms with Crippen molar-refractivity contribution in [1.82, 2.24) is 0 Å². The summed E-state index contributed by atoms with van der Waals surface area (Å²) in [4.78, 5) is 23.2. The van der Waals surface area contributed by atoms with Gasteiger partial charge in [-0.3, -0.25) is 4.79 Å². The smallest absolute Gasteiger partial charge is 0.373 e. The highest BCUT2D eigenvalue weighted by Gasteiger charge is 2.15. The van der Waals surface area contributed by atoms with Gasteiger partial charge < -0.3 is 9.15 Å². The van der Waals surface area contributed by atoms with Crippen LogP contribution in [0.5, 0.6) is 0 Å². The van der Waals surface area contributed by atoms with Crippen LogP contribution >= 0.6 is 0 Å². The molecular formula is C16H16O4. The second kappa shape index (κ2) is 6.19. The second-order valence-corrected chi connectivity index (χ2v) is 4.57. The lowest BCUT2D eigenvalue weighted by atomic mass is 10.0. The first-order chi connectivity index (χ1) is 9.60. The monoisotopic (exact) mass is 272 g/mol. The van der Waals surface area contributed by atoms with E-state index in [9.17, 15) is 9.59 Å². The van der Waals surface area contributed by atoms with Crippen molar-refractivity contribution < 1.29 is 18.7 Å². The number of hydrogen-bond acceptors (Lipinski definition) is 4. The van der Waals surface area contributed by atoms with Crippen molar-refractivity contribution in [2.75, 3.05) is 7.11 Å². The first-order valence-corrected chi connectivity index (χ1v) is 6.37. The number of Topliss-reactive ketones (excluding diaryl/α,β-unsaturated/α-hetero) is 1. The summed E-state index contributed by atoms with van der Waals surface area (Å²) in [6.45, 7) is 2.01. The van der Waals surface area contributed by atoms with Crippen molar-refractivity contribution in [3.63, 3.8) is 0 Å². The molecule has 20 heavy (non-hydrogen) atoms. The zero-order chi connectivity index (χ0) is 14.5. The van der Waals surface area contributed by atoms with Gasteiger partial charge in [0.05, 0.1) is 7.11 Å². The van der Waals surface area contributed by atoms with Crippen molar-refractivity contribution in [2.24, 2.45) is 0 Å². The largest absolute Gasteiger partial charge is 0.463 e. The number of benzene rings is 1. The van der Waals surface area contributed by atoms with Crippen LogP contribution in [0.15, 0.2) is 40.8 Å². The Labute approximate surface area is 117 Å². The molecule has 0 saturated carbocycles. The lowest BCUT2D eigenvalue weighted by molar-refractivity contribution is 0.0563. The minimum Gasteiger partial charge on any atom is -0.463 e. The van der Waals surface area contributed by atoms with E-state index in [2.05, 4.69) is 10.8 Å². The number of furan rings is 1. The molecule has 0 N–H and O–H groups in total. The third-order valence-corrected chi connectivity index (χ3v) is 2.99. The summed E-state index contributed by atoms with van der Waals surface area (Å²) in [5.74, 6) is -0.464. The normalized spacial score (nSPS) is 10.3. The van der Waals surface area contributed by atoms with E-state index < -0.39 is 5.97 Å². The van der Waals surface area contributed by atoms with Gasteiger partial charge in [0.2, 0.25) is 5.76 Å². The number of carbonyl (C=O) groups excluding carboxylic acids is 2. The van der Waals surface area contributed by atoms with Gasteiger partial charge in [-0.2, -0.15) is 0 Å². The van der Waals surface area contributed by atoms with Crippen LogP contribution in [0.25, 0.3) is 0 Å². The Morgan fingerprint density at radius 1 is 1.15 bits per heavy atom. The van der Waals surface area contributed by atoms with Gasteiger partial charge in [0.25, 0.3) is 0 Å². The lowest BCUT2D eigenvalue weighted by Crippen LogP contribution is -2.01. The van der Waals surface area contributed by atoms with Crippen LogP contribution in [0.1, 0.15) is 38.7 Å². The summed E-state index contributed by atoms with van der Waals surface area (Å²) in [6, 6.07) is 11.0.